The molecule has 4 heteroatoms. The summed E-state index contributed by atoms with van der Waals surface area (Å²) in [7, 11) is 0. The van der Waals surface area contributed by atoms with Gasteiger partial charge >= 0.3 is 0 Å². The second kappa shape index (κ2) is 6.60. The molecule has 0 bridgehead atoms. The van der Waals surface area contributed by atoms with Gasteiger partial charge in [-0.2, -0.15) is 5.26 Å². The number of anilines is 1. The molecule has 0 spiro atoms. The molecule has 0 unspecified atom stereocenters. The van der Waals surface area contributed by atoms with E-state index in [9.17, 15) is 5.26 Å². The van der Waals surface area contributed by atoms with Crippen molar-refractivity contribution in [3.05, 3.63) is 46.1 Å². The largest absolute Gasteiger partial charge is 0.289 e. The van der Waals surface area contributed by atoms with E-state index in [1.165, 1.54) is 0 Å². The SMILES string of the molecule is CCCc1[nH+]c(N)c(C#N)c(-c2ccc(Cl)cc2)c1CC. The summed E-state index contributed by atoms with van der Waals surface area (Å²) >= 11 is 5.96. The van der Waals surface area contributed by atoms with E-state index in [-0.39, 0.29) is 0 Å². The number of nitrogens with two attached hydrogens (primary N) is 1. The lowest BCUT2D eigenvalue weighted by Gasteiger charge is -2.13. The second-order valence-electron chi connectivity index (χ2n) is 4.97. The molecule has 0 aliphatic heterocycles. The van der Waals surface area contributed by atoms with E-state index in [1.807, 2.05) is 24.3 Å². The Hall–Kier alpha value is -2.05. The number of hydrogen-bond acceptors (Lipinski definition) is 2. The van der Waals surface area contributed by atoms with Crippen molar-refractivity contribution < 1.29 is 4.98 Å². The van der Waals surface area contributed by atoms with Crippen LogP contribution in [0, 0.1) is 11.3 Å². The monoisotopic (exact) mass is 300 g/mol. The molecule has 3 N–H and O–H groups in total. The summed E-state index contributed by atoms with van der Waals surface area (Å²) < 4.78 is 0. The number of hydrogen-bond donors (Lipinski definition) is 1. The van der Waals surface area contributed by atoms with Gasteiger partial charge in [-0.3, -0.25) is 5.73 Å². The van der Waals surface area contributed by atoms with Crippen LogP contribution in [0.2, 0.25) is 5.02 Å². The minimum atomic E-state index is 0.433. The zero-order valence-corrected chi connectivity index (χ0v) is 13.1. The number of nitrogens with one attached hydrogen (secondary N) is 1. The number of nitriles is 1. The molecule has 2 rings (SSSR count). The number of H-pyrrole nitrogens is 1. The standard InChI is InChI=1S/C17H18ClN3/c1-3-5-15-13(4-2)16(14(10-19)17(20)21-15)11-6-8-12(18)9-7-11/h6-9H,3-5H2,1-2H3,(H2,20,21)/p+1. The minimum absolute atomic E-state index is 0.433. The highest BCUT2D eigenvalue weighted by molar-refractivity contribution is 6.30. The normalized spacial score (nSPS) is 10.4. The van der Waals surface area contributed by atoms with Gasteiger partial charge in [0.2, 0.25) is 0 Å². The molecule has 0 aliphatic rings. The zero-order chi connectivity index (χ0) is 15.4. The fourth-order valence-electron chi connectivity index (χ4n) is 2.64. The van der Waals surface area contributed by atoms with Crippen LogP contribution < -0.4 is 10.7 Å². The fourth-order valence-corrected chi connectivity index (χ4v) is 2.77. The first-order valence-electron chi connectivity index (χ1n) is 7.14. The molecular formula is C17H19ClN3+. The molecule has 108 valence electrons. The van der Waals surface area contributed by atoms with Crippen molar-refractivity contribution in [3.8, 4) is 17.2 Å². The maximum Gasteiger partial charge on any atom is 0.289 e. The third kappa shape index (κ3) is 3.01. The van der Waals surface area contributed by atoms with Crippen LogP contribution in [-0.4, -0.2) is 0 Å². The Kier molecular flexibility index (Phi) is 4.82. The summed E-state index contributed by atoms with van der Waals surface area (Å²) in [5.74, 6) is 0.433. The van der Waals surface area contributed by atoms with Crippen molar-refractivity contribution in [1.29, 1.82) is 5.26 Å². The molecule has 1 aromatic heterocycles. The molecule has 21 heavy (non-hydrogen) atoms. The molecule has 0 saturated heterocycles. The lowest BCUT2D eigenvalue weighted by Crippen LogP contribution is -2.22. The number of aromatic nitrogens is 1. The first-order valence-corrected chi connectivity index (χ1v) is 7.52. The van der Waals surface area contributed by atoms with E-state index in [1.54, 1.807) is 0 Å². The van der Waals surface area contributed by atoms with Gasteiger partial charge in [-0.25, -0.2) is 4.98 Å². The smallest absolute Gasteiger partial charge is 0.286 e. The van der Waals surface area contributed by atoms with Crippen LogP contribution in [0.4, 0.5) is 5.82 Å². The Morgan fingerprint density at radius 2 is 1.90 bits per heavy atom. The van der Waals surface area contributed by atoms with Crippen molar-refractivity contribution >= 4 is 17.4 Å². The lowest BCUT2D eigenvalue weighted by atomic mass is 9.91. The Labute approximate surface area is 130 Å². The van der Waals surface area contributed by atoms with Crippen molar-refractivity contribution in [2.24, 2.45) is 0 Å². The number of nitrogen functional groups attached to an aromatic ring is 1. The maximum absolute atomic E-state index is 9.48. The van der Waals surface area contributed by atoms with Crippen LogP contribution in [0.3, 0.4) is 0 Å². The number of rotatable bonds is 4. The molecule has 2 aromatic rings. The van der Waals surface area contributed by atoms with E-state index in [0.717, 1.165) is 41.6 Å². The quantitative estimate of drug-likeness (QED) is 0.933. The van der Waals surface area contributed by atoms with Gasteiger partial charge in [0.25, 0.3) is 5.82 Å². The van der Waals surface area contributed by atoms with E-state index < -0.39 is 0 Å². The highest BCUT2D eigenvalue weighted by atomic mass is 35.5. The number of benzene rings is 1. The summed E-state index contributed by atoms with van der Waals surface area (Å²) in [5.41, 5.74) is 10.7. The third-order valence-corrected chi connectivity index (χ3v) is 3.82. The van der Waals surface area contributed by atoms with E-state index >= 15 is 0 Å². The van der Waals surface area contributed by atoms with Gasteiger partial charge in [0.15, 0.2) is 0 Å². The molecule has 0 radical (unpaired) electrons. The molecule has 3 nitrogen and oxygen atoms in total. The molecule has 0 fully saturated rings. The van der Waals surface area contributed by atoms with E-state index in [2.05, 4.69) is 24.9 Å². The van der Waals surface area contributed by atoms with Crippen molar-refractivity contribution in [2.75, 3.05) is 5.73 Å². The maximum atomic E-state index is 9.48. The van der Waals surface area contributed by atoms with Crippen LogP contribution in [0.15, 0.2) is 24.3 Å². The Morgan fingerprint density at radius 3 is 2.43 bits per heavy atom. The van der Waals surface area contributed by atoms with Crippen molar-refractivity contribution in [1.82, 2.24) is 0 Å². The van der Waals surface area contributed by atoms with Crippen LogP contribution >= 0.6 is 11.6 Å². The van der Waals surface area contributed by atoms with E-state index in [0.29, 0.717) is 16.4 Å². The number of halogens is 1. The number of aryl methyl sites for hydroxylation is 1. The topological polar surface area (TPSA) is 63.9 Å². The number of aromatic amines is 1. The fraction of sp³-hybridized carbons (Fsp3) is 0.294. The molecule has 0 amide bonds. The van der Waals surface area contributed by atoms with Gasteiger partial charge in [-0.15, -0.1) is 0 Å². The predicted octanol–water partition coefficient (Wildman–Crippen LogP) is 3.79. The van der Waals surface area contributed by atoms with Crippen molar-refractivity contribution in [2.45, 2.75) is 33.1 Å². The zero-order valence-electron chi connectivity index (χ0n) is 12.3. The highest BCUT2D eigenvalue weighted by Gasteiger charge is 2.21. The Balaban J connectivity index is 2.77. The van der Waals surface area contributed by atoms with E-state index in [4.69, 9.17) is 17.3 Å². The van der Waals surface area contributed by atoms with Gasteiger partial charge in [0, 0.05) is 22.6 Å². The minimum Gasteiger partial charge on any atom is -0.286 e. The lowest BCUT2D eigenvalue weighted by molar-refractivity contribution is -0.373. The van der Waals surface area contributed by atoms with Gasteiger partial charge in [0.05, 0.1) is 0 Å². The second-order valence-corrected chi connectivity index (χ2v) is 5.40. The average Bonchev–Trinajstić information content (AvgIpc) is 2.48. The van der Waals surface area contributed by atoms with Crippen LogP contribution in [0.5, 0.6) is 0 Å². The average molecular weight is 301 g/mol. The van der Waals surface area contributed by atoms with Gasteiger partial charge in [0.1, 0.15) is 17.3 Å². The summed E-state index contributed by atoms with van der Waals surface area (Å²) in [5, 5.41) is 10.2. The van der Waals surface area contributed by atoms with Crippen molar-refractivity contribution in [3.63, 3.8) is 0 Å². The summed E-state index contributed by atoms with van der Waals surface area (Å²) in [6.45, 7) is 4.22. The van der Waals surface area contributed by atoms with Crippen LogP contribution in [-0.2, 0) is 12.8 Å². The number of nitrogens with zero attached hydrogens (tertiary/aromatic N) is 1. The van der Waals surface area contributed by atoms with Crippen LogP contribution in [0.1, 0.15) is 37.1 Å². The summed E-state index contributed by atoms with van der Waals surface area (Å²) in [4.78, 5) is 3.20. The molecule has 0 atom stereocenters. The van der Waals surface area contributed by atoms with Gasteiger partial charge in [-0.1, -0.05) is 37.6 Å². The molecular weight excluding hydrogens is 282 g/mol. The molecule has 0 saturated carbocycles. The first kappa shape index (κ1) is 15.3. The summed E-state index contributed by atoms with van der Waals surface area (Å²) in [6, 6.07) is 9.78. The first-order chi connectivity index (χ1) is 10.1. The third-order valence-electron chi connectivity index (χ3n) is 3.57. The summed E-state index contributed by atoms with van der Waals surface area (Å²) in [6.07, 6.45) is 2.79. The molecule has 0 aliphatic carbocycles. The number of pyridine rings is 1. The highest BCUT2D eigenvalue weighted by Crippen LogP contribution is 2.32. The predicted molar refractivity (Wildman–Crippen MR) is 85.9 cm³/mol. The Morgan fingerprint density at radius 1 is 1.24 bits per heavy atom. The molecule has 1 aromatic carbocycles. The Bertz CT molecular complexity index is 685. The van der Waals surface area contributed by atoms with Gasteiger partial charge in [-0.05, 0) is 30.5 Å². The van der Waals surface area contributed by atoms with Gasteiger partial charge < -0.3 is 0 Å². The van der Waals surface area contributed by atoms with Crippen LogP contribution in [0.25, 0.3) is 11.1 Å². The molecule has 1 heterocycles.